The number of hydrogen-bond donors (Lipinski definition) is 1. The van der Waals surface area contributed by atoms with Crippen molar-refractivity contribution in [3.05, 3.63) is 52.5 Å². The summed E-state index contributed by atoms with van der Waals surface area (Å²) in [5.41, 5.74) is 1.88. The Morgan fingerprint density at radius 1 is 1.48 bits per heavy atom. The second kappa shape index (κ2) is 7.78. The van der Waals surface area contributed by atoms with E-state index < -0.39 is 5.82 Å². The van der Waals surface area contributed by atoms with E-state index in [1.54, 1.807) is 24.1 Å². The minimum absolute atomic E-state index is 0.141. The van der Waals surface area contributed by atoms with Crippen molar-refractivity contribution in [3.63, 3.8) is 0 Å². The van der Waals surface area contributed by atoms with Gasteiger partial charge in [0, 0.05) is 20.1 Å². The summed E-state index contributed by atoms with van der Waals surface area (Å²) < 4.78 is 25.1. The largest absolute Gasteiger partial charge is 0.443 e. The van der Waals surface area contributed by atoms with Gasteiger partial charge < -0.3 is 19.4 Å². The number of hydrogen-bond acceptors (Lipinski definition) is 5. The maximum Gasteiger partial charge on any atom is 0.257 e. The fourth-order valence-electron chi connectivity index (χ4n) is 3.87. The summed E-state index contributed by atoms with van der Waals surface area (Å²) in [6, 6.07) is 4.91. The van der Waals surface area contributed by atoms with Crippen molar-refractivity contribution in [2.45, 2.75) is 32.4 Å². The van der Waals surface area contributed by atoms with Gasteiger partial charge in [-0.05, 0) is 49.5 Å². The molecule has 2 aliphatic heterocycles. The lowest BCUT2D eigenvalue weighted by Gasteiger charge is -2.25. The molecule has 1 atom stereocenters. The number of methoxy groups -OCH3 is 1. The van der Waals surface area contributed by atoms with Crippen molar-refractivity contribution in [1.82, 2.24) is 15.2 Å². The van der Waals surface area contributed by atoms with E-state index in [0.29, 0.717) is 37.9 Å². The number of nitrogens with zero attached hydrogens (tertiary/aromatic N) is 2. The van der Waals surface area contributed by atoms with Gasteiger partial charge in [0.2, 0.25) is 5.89 Å². The number of carbonyl (C=O) groups is 1. The Bertz CT molecular complexity index is 830. The molecule has 1 N–H and O–H groups in total. The lowest BCUT2D eigenvalue weighted by Crippen LogP contribution is -2.36. The molecular formula is C20H24FN3O3. The van der Waals surface area contributed by atoms with Crippen molar-refractivity contribution < 1.29 is 18.3 Å². The Hall–Kier alpha value is -2.25. The molecule has 0 bridgehead atoms. The number of nitrogens with one attached hydrogen (secondary N) is 1. The molecule has 1 aromatic carbocycles. The van der Waals surface area contributed by atoms with Crippen LogP contribution in [0.15, 0.2) is 22.6 Å². The Labute approximate surface area is 157 Å². The van der Waals surface area contributed by atoms with E-state index in [1.165, 1.54) is 6.07 Å². The van der Waals surface area contributed by atoms with Crippen LogP contribution in [-0.2, 0) is 30.7 Å². The summed E-state index contributed by atoms with van der Waals surface area (Å²) in [6.07, 6.45) is 2.56. The monoisotopic (exact) mass is 373 g/mol. The molecule has 2 aliphatic rings. The van der Waals surface area contributed by atoms with Crippen molar-refractivity contribution in [1.29, 1.82) is 0 Å². The zero-order chi connectivity index (χ0) is 18.8. The second-order valence-corrected chi connectivity index (χ2v) is 7.26. The number of ether oxygens (including phenoxy) is 1. The minimum Gasteiger partial charge on any atom is -0.443 e. The number of amides is 1. The predicted octanol–water partition coefficient (Wildman–Crippen LogP) is 2.31. The van der Waals surface area contributed by atoms with Gasteiger partial charge in [-0.1, -0.05) is 6.07 Å². The Morgan fingerprint density at radius 2 is 2.37 bits per heavy atom. The SMILES string of the molecule is COCc1nc2c(o1)CCN(C(=O)c1cc(CC3CCNC3)ccc1F)C2. The van der Waals surface area contributed by atoms with E-state index in [9.17, 15) is 9.18 Å². The van der Waals surface area contributed by atoms with Crippen LogP contribution in [0.25, 0.3) is 0 Å². The number of aromatic nitrogens is 1. The van der Waals surface area contributed by atoms with E-state index in [0.717, 1.165) is 42.9 Å². The van der Waals surface area contributed by atoms with Gasteiger partial charge in [-0.3, -0.25) is 4.79 Å². The van der Waals surface area contributed by atoms with Crippen LogP contribution in [0.1, 0.15) is 39.7 Å². The number of benzene rings is 1. The van der Waals surface area contributed by atoms with Crippen molar-refractivity contribution >= 4 is 5.91 Å². The Kier molecular flexibility index (Phi) is 5.22. The van der Waals surface area contributed by atoms with Gasteiger partial charge in [0.15, 0.2) is 0 Å². The molecule has 1 unspecified atom stereocenters. The number of halogens is 1. The van der Waals surface area contributed by atoms with E-state index in [-0.39, 0.29) is 11.5 Å². The molecule has 1 amide bonds. The molecule has 144 valence electrons. The summed E-state index contributed by atoms with van der Waals surface area (Å²) in [7, 11) is 1.58. The highest BCUT2D eigenvalue weighted by Crippen LogP contribution is 2.24. The van der Waals surface area contributed by atoms with Gasteiger partial charge in [0.25, 0.3) is 5.91 Å². The Balaban J connectivity index is 1.50. The van der Waals surface area contributed by atoms with E-state index >= 15 is 0 Å². The minimum atomic E-state index is -0.473. The zero-order valence-corrected chi connectivity index (χ0v) is 15.5. The highest BCUT2D eigenvalue weighted by molar-refractivity contribution is 5.94. The third-order valence-corrected chi connectivity index (χ3v) is 5.27. The van der Waals surface area contributed by atoms with Gasteiger partial charge in [-0.15, -0.1) is 0 Å². The van der Waals surface area contributed by atoms with Crippen LogP contribution in [-0.4, -0.2) is 42.5 Å². The molecule has 3 heterocycles. The molecule has 0 saturated carbocycles. The van der Waals surface area contributed by atoms with Crippen LogP contribution < -0.4 is 5.32 Å². The van der Waals surface area contributed by atoms with Crippen molar-refractivity contribution in [2.75, 3.05) is 26.7 Å². The van der Waals surface area contributed by atoms with E-state index in [2.05, 4.69) is 10.3 Å². The lowest BCUT2D eigenvalue weighted by molar-refractivity contribution is 0.0722. The maximum atomic E-state index is 14.4. The average Bonchev–Trinajstić information content (AvgIpc) is 3.31. The molecule has 1 saturated heterocycles. The van der Waals surface area contributed by atoms with Crippen LogP contribution in [0.4, 0.5) is 4.39 Å². The first-order chi connectivity index (χ1) is 13.1. The maximum absolute atomic E-state index is 14.4. The van der Waals surface area contributed by atoms with Crippen LogP contribution in [0, 0.1) is 11.7 Å². The van der Waals surface area contributed by atoms with Crippen LogP contribution >= 0.6 is 0 Å². The summed E-state index contributed by atoms with van der Waals surface area (Å²) in [5, 5.41) is 3.34. The van der Waals surface area contributed by atoms with Gasteiger partial charge in [-0.2, -0.15) is 0 Å². The fraction of sp³-hybridized carbons (Fsp3) is 0.500. The molecule has 0 spiro atoms. The smallest absolute Gasteiger partial charge is 0.257 e. The predicted molar refractivity (Wildman–Crippen MR) is 96.7 cm³/mol. The molecule has 1 aromatic heterocycles. The first-order valence-electron chi connectivity index (χ1n) is 9.39. The van der Waals surface area contributed by atoms with Crippen molar-refractivity contribution in [3.8, 4) is 0 Å². The van der Waals surface area contributed by atoms with E-state index in [1.807, 2.05) is 0 Å². The number of rotatable bonds is 5. The number of oxazole rings is 1. The summed E-state index contributed by atoms with van der Waals surface area (Å²) in [5.74, 6) is 1.08. The van der Waals surface area contributed by atoms with Crippen LogP contribution in [0.2, 0.25) is 0 Å². The third kappa shape index (κ3) is 3.89. The van der Waals surface area contributed by atoms with Crippen molar-refractivity contribution in [2.24, 2.45) is 5.92 Å². The highest BCUT2D eigenvalue weighted by Gasteiger charge is 2.28. The molecule has 7 heteroatoms. The van der Waals surface area contributed by atoms with Crippen LogP contribution in [0.5, 0.6) is 0 Å². The first-order valence-corrected chi connectivity index (χ1v) is 9.39. The highest BCUT2D eigenvalue weighted by atomic mass is 19.1. The van der Waals surface area contributed by atoms with Gasteiger partial charge in [-0.25, -0.2) is 9.37 Å². The second-order valence-electron chi connectivity index (χ2n) is 7.26. The molecule has 6 nitrogen and oxygen atoms in total. The van der Waals surface area contributed by atoms with E-state index in [4.69, 9.17) is 9.15 Å². The molecule has 2 aromatic rings. The molecule has 1 fully saturated rings. The Morgan fingerprint density at radius 3 is 3.15 bits per heavy atom. The molecular weight excluding hydrogens is 349 g/mol. The topological polar surface area (TPSA) is 67.6 Å². The number of carbonyl (C=O) groups excluding carboxylic acids is 1. The third-order valence-electron chi connectivity index (χ3n) is 5.27. The van der Waals surface area contributed by atoms with Crippen LogP contribution in [0.3, 0.4) is 0 Å². The quantitative estimate of drug-likeness (QED) is 0.871. The standard InChI is InChI=1S/C20H24FN3O3/c1-26-12-19-23-17-11-24(7-5-18(17)27-19)20(25)15-9-13(2-3-16(15)21)8-14-4-6-22-10-14/h2-3,9,14,22H,4-8,10-12H2,1H3. The zero-order valence-electron chi connectivity index (χ0n) is 15.5. The van der Waals surface area contributed by atoms with Gasteiger partial charge in [0.1, 0.15) is 23.9 Å². The molecule has 27 heavy (non-hydrogen) atoms. The molecule has 0 aliphatic carbocycles. The fourth-order valence-corrected chi connectivity index (χ4v) is 3.87. The summed E-state index contributed by atoms with van der Waals surface area (Å²) >= 11 is 0. The summed E-state index contributed by atoms with van der Waals surface area (Å²) in [4.78, 5) is 19.0. The average molecular weight is 373 g/mol. The molecule has 0 radical (unpaired) electrons. The first kappa shape index (κ1) is 18.1. The normalized spacial score (nSPS) is 19.3. The lowest BCUT2D eigenvalue weighted by atomic mass is 9.97. The van der Waals surface area contributed by atoms with Gasteiger partial charge >= 0.3 is 0 Å². The molecule has 4 rings (SSSR count). The number of fused-ring (bicyclic) bond motifs is 1. The summed E-state index contributed by atoms with van der Waals surface area (Å²) in [6.45, 7) is 3.12. The van der Waals surface area contributed by atoms with Gasteiger partial charge in [0.05, 0.1) is 12.1 Å².